The summed E-state index contributed by atoms with van der Waals surface area (Å²) in [6, 6.07) is 1.08. The smallest absolute Gasteiger partial charge is 0.308 e. The number of rotatable bonds is 23. The minimum Gasteiger partial charge on any atom is -0.487 e. The molecule has 0 radical (unpaired) electrons. The van der Waals surface area contributed by atoms with E-state index in [2.05, 4.69) is 57.6 Å². The van der Waals surface area contributed by atoms with Crippen LogP contribution in [0.25, 0.3) is 0 Å². The third-order valence-electron chi connectivity index (χ3n) is 15.3. The van der Waals surface area contributed by atoms with Gasteiger partial charge in [0.25, 0.3) is 15.9 Å². The summed E-state index contributed by atoms with van der Waals surface area (Å²) in [5.41, 5.74) is 1.80. The first-order valence-electron chi connectivity index (χ1n) is 29.9. The van der Waals surface area contributed by atoms with E-state index >= 15 is 0 Å². The fraction of sp³-hybridized carbons (Fsp3) is 0.610. The Hall–Kier alpha value is -7.87. The van der Waals surface area contributed by atoms with Crippen LogP contribution in [0.5, 0.6) is 5.75 Å². The van der Waals surface area contributed by atoms with E-state index in [1.165, 1.54) is 17.8 Å². The van der Waals surface area contributed by atoms with Gasteiger partial charge in [0.05, 0.1) is 23.7 Å². The van der Waals surface area contributed by atoms with Crippen LogP contribution in [-0.2, 0) is 83.7 Å². The van der Waals surface area contributed by atoms with Crippen molar-refractivity contribution >= 4 is 63.3 Å². The Morgan fingerprint density at radius 3 is 2.07 bits per heavy atom. The number of aryl methyl sites for hydroxylation is 1. The Bertz CT molecular complexity index is 3220. The number of nitrogens with one attached hydrogen (secondary N) is 10. The Labute approximate surface area is 521 Å². The summed E-state index contributed by atoms with van der Waals surface area (Å²) >= 11 is 0. The number of esters is 1. The van der Waals surface area contributed by atoms with Crippen molar-refractivity contribution in [2.45, 2.75) is 210 Å². The second-order valence-electron chi connectivity index (χ2n) is 24.4. The minimum atomic E-state index is -4.33. The van der Waals surface area contributed by atoms with Gasteiger partial charge in [0.1, 0.15) is 78.1 Å². The summed E-state index contributed by atoms with van der Waals surface area (Å²) in [5, 5.41) is 69.4. The van der Waals surface area contributed by atoms with Gasteiger partial charge in [-0.15, -0.1) is 5.10 Å². The largest absolute Gasteiger partial charge is 0.487 e. The monoisotopic (exact) mass is 1280 g/mol. The third-order valence-corrected chi connectivity index (χ3v) is 16.9. The lowest BCUT2D eigenvalue weighted by atomic mass is 9.94. The molecule has 0 spiro atoms. The molecule has 1 aromatic heterocycles. The first-order valence-corrected chi connectivity index (χ1v) is 31.4. The van der Waals surface area contributed by atoms with Crippen LogP contribution < -0.4 is 52.0 Å². The average molecular weight is 1280 g/mol. The molecule has 2 saturated heterocycles. The molecule has 496 valence electrons. The number of aliphatic hydroxyl groups is 3. The molecule has 2 fully saturated rings. The van der Waals surface area contributed by atoms with Gasteiger partial charge in [0, 0.05) is 44.2 Å². The lowest BCUT2D eigenvalue weighted by Gasteiger charge is -2.40. The number of aliphatic hydroxyl groups excluding tert-OH is 3. The van der Waals surface area contributed by atoms with Gasteiger partial charge in [0.2, 0.25) is 41.4 Å². The molecular formula is C59H86FN13O16S. The van der Waals surface area contributed by atoms with Gasteiger partial charge >= 0.3 is 5.97 Å². The van der Waals surface area contributed by atoms with Gasteiger partial charge in [-0.2, -0.15) is 0 Å². The fourth-order valence-corrected chi connectivity index (χ4v) is 12.1. The molecule has 0 bridgehead atoms. The van der Waals surface area contributed by atoms with E-state index in [4.69, 9.17) is 19.6 Å². The zero-order valence-corrected chi connectivity index (χ0v) is 52.9. The van der Waals surface area contributed by atoms with Crippen molar-refractivity contribution in [3.8, 4) is 5.75 Å². The molecule has 31 heteroatoms. The molecule has 10 atom stereocenters. The molecule has 3 aliphatic rings. The fourth-order valence-electron chi connectivity index (χ4n) is 10.6. The Morgan fingerprint density at radius 1 is 0.789 bits per heavy atom. The van der Waals surface area contributed by atoms with Crippen LogP contribution >= 0.6 is 0 Å². The average Bonchev–Trinajstić information content (AvgIpc) is 1.78. The van der Waals surface area contributed by atoms with Crippen LogP contribution in [0, 0.1) is 26.2 Å². The molecule has 3 aromatic rings. The Balaban J connectivity index is 1.17. The number of amides is 7. The van der Waals surface area contributed by atoms with Crippen LogP contribution in [0.1, 0.15) is 120 Å². The van der Waals surface area contributed by atoms with E-state index in [1.54, 1.807) is 71.9 Å². The lowest BCUT2D eigenvalue weighted by Crippen LogP contribution is -2.63. The maximum Gasteiger partial charge on any atom is 0.308 e. The summed E-state index contributed by atoms with van der Waals surface area (Å²) in [6.45, 7) is 13.5. The molecule has 0 aliphatic carbocycles. The first-order chi connectivity index (χ1) is 42.3. The highest BCUT2D eigenvalue weighted by Gasteiger charge is 2.47. The number of unbranched alkanes of at least 4 members (excludes halogenated alkanes) is 1. The van der Waals surface area contributed by atoms with Crippen molar-refractivity contribution in [2.75, 3.05) is 26.3 Å². The van der Waals surface area contributed by atoms with Crippen molar-refractivity contribution in [1.82, 2.24) is 62.3 Å². The number of carbonyl (C=O) groups is 8. The minimum absolute atomic E-state index is 0.00246. The van der Waals surface area contributed by atoms with Crippen LogP contribution in [0.2, 0.25) is 0 Å². The molecule has 90 heavy (non-hydrogen) atoms. The van der Waals surface area contributed by atoms with E-state index in [9.17, 15) is 66.5 Å². The Morgan fingerprint density at radius 2 is 1.40 bits per heavy atom. The van der Waals surface area contributed by atoms with E-state index < -0.39 is 155 Å². The number of hydrogen-bond donors (Lipinski definition) is 13. The number of aromatic nitrogens is 3. The molecule has 29 nitrogen and oxygen atoms in total. The van der Waals surface area contributed by atoms with Crippen LogP contribution in [0.4, 0.5) is 4.39 Å². The number of alkyl halides is 1. The summed E-state index contributed by atoms with van der Waals surface area (Å²) < 4.78 is 61.3. The van der Waals surface area contributed by atoms with E-state index in [0.29, 0.717) is 46.5 Å². The topological polar surface area (TPSA) is 422 Å². The standard InChI is InChI=1S/C59H86FN13O16S/c1-31-32(2)50(33(3)37-27-59(8,9)89-48(31)37)90(85,86)71-57(61)63-24-16-21-39-52(80)65-34(4)51(79)68-41(26-44(75)88-58(5,6)7)55(83)69-40(25-35-17-11-10-12-18-35)54(82)67-38(53(81)66-39)20-13-14-23-62-56(84)49-47(78)46(77)45(76)42(87-49)28-64-43(74)30-73-29-36(70-72-73)19-15-22-60/h10-12,17-18,29,34,38-42,45-47,49,76-78H,13-16,19-28,30H2,1-9H3,(H,62,84)(H,64,74)(H,65,80)(H,66,81)(H,67,82)(H,68,79)(H,69,83)(H3,61,63,71)/t34-,38-,39-,40+,41-,42?,45?,46?,47?,49?/m0/s1. The number of hydrogen-bond acceptors (Lipinski definition) is 19. The number of carbonyl (C=O) groups excluding carboxylic acids is 8. The number of guanidine groups is 1. The third kappa shape index (κ3) is 19.8. The zero-order chi connectivity index (χ0) is 66.4. The van der Waals surface area contributed by atoms with Gasteiger partial charge in [0.15, 0.2) is 6.10 Å². The van der Waals surface area contributed by atoms with Crippen molar-refractivity contribution in [2.24, 2.45) is 0 Å². The molecule has 0 saturated carbocycles. The van der Waals surface area contributed by atoms with Crippen LogP contribution in [0.15, 0.2) is 41.4 Å². The highest BCUT2D eigenvalue weighted by Crippen LogP contribution is 2.43. The molecule has 3 aliphatic heterocycles. The maximum atomic E-state index is 14.6. The first kappa shape index (κ1) is 71.2. The van der Waals surface area contributed by atoms with Gasteiger partial charge in [-0.05, 0) is 130 Å². The van der Waals surface area contributed by atoms with E-state index in [1.807, 2.05) is 13.8 Å². The van der Waals surface area contributed by atoms with Crippen molar-refractivity contribution in [3.05, 3.63) is 70.0 Å². The summed E-state index contributed by atoms with van der Waals surface area (Å²) in [5.74, 6) is -6.93. The SMILES string of the molecule is Cc1c(C)c(S(=O)(=O)NC(=N)NCCC[C@@H]2NC(=O)[C@H](CCCCNC(=O)C3OC(CNC(=O)Cn4cc(CCCF)nn4)C(O)C(O)C3O)NC(=O)[C@@H](Cc3ccccc3)NC(=O)[C@H](CC(=O)OC(C)(C)C)NC(=O)[C@H](C)NC2=O)c(C)c2c1OC(C)(C)C2. The van der Waals surface area contributed by atoms with Gasteiger partial charge < -0.3 is 72.1 Å². The number of sulfonamides is 1. The van der Waals surface area contributed by atoms with Crippen molar-refractivity contribution in [1.29, 1.82) is 5.41 Å². The highest BCUT2D eigenvalue weighted by atomic mass is 32.2. The Kier molecular flexibility index (Phi) is 24.7. The van der Waals surface area contributed by atoms with E-state index in [-0.39, 0.29) is 69.5 Å². The molecule has 4 heterocycles. The van der Waals surface area contributed by atoms with Gasteiger partial charge in [-0.3, -0.25) is 48.2 Å². The number of halogens is 1. The molecule has 6 rings (SSSR count). The molecular weight excluding hydrogens is 1200 g/mol. The maximum absolute atomic E-state index is 14.6. The second kappa shape index (κ2) is 31.2. The van der Waals surface area contributed by atoms with E-state index in [0.717, 1.165) is 5.56 Å². The quantitative estimate of drug-likeness (QED) is 0.0229. The summed E-state index contributed by atoms with van der Waals surface area (Å²) in [7, 11) is -4.33. The highest BCUT2D eigenvalue weighted by molar-refractivity contribution is 7.90. The molecule has 7 amide bonds. The lowest BCUT2D eigenvalue weighted by molar-refractivity contribution is -0.219. The molecule has 5 unspecified atom stereocenters. The van der Waals surface area contributed by atoms with Crippen LogP contribution in [0.3, 0.4) is 0 Å². The van der Waals surface area contributed by atoms with Gasteiger partial charge in [-0.25, -0.2) is 17.8 Å². The zero-order valence-electron chi connectivity index (χ0n) is 52.1. The number of fused-ring (bicyclic) bond motifs is 1. The summed E-state index contributed by atoms with van der Waals surface area (Å²) in [4.78, 5) is 111. The van der Waals surface area contributed by atoms with Gasteiger partial charge in [-0.1, -0.05) is 35.5 Å². The molecule has 13 N–H and O–H groups in total. The van der Waals surface area contributed by atoms with Crippen molar-refractivity contribution < 1.29 is 80.7 Å². The predicted molar refractivity (Wildman–Crippen MR) is 321 cm³/mol. The van der Waals surface area contributed by atoms with Crippen molar-refractivity contribution in [3.63, 3.8) is 0 Å². The normalized spacial score (nSPS) is 24.0. The second-order valence-corrected chi connectivity index (χ2v) is 26.0. The molecule has 2 aromatic carbocycles. The number of ether oxygens (including phenoxy) is 3. The predicted octanol–water partition coefficient (Wildman–Crippen LogP) is -1.21. The van der Waals surface area contributed by atoms with Crippen LogP contribution in [-0.4, -0.2) is 190 Å². The number of nitrogens with zero attached hydrogens (tertiary/aromatic N) is 3. The number of benzene rings is 2. The summed E-state index contributed by atoms with van der Waals surface area (Å²) in [6.07, 6.45) is -7.17.